The number of benzene rings is 1. The van der Waals surface area contributed by atoms with Gasteiger partial charge in [0.05, 0.1) is 6.04 Å². The van der Waals surface area contributed by atoms with E-state index in [4.69, 9.17) is 0 Å². The Kier molecular flexibility index (Phi) is 3.07. The van der Waals surface area contributed by atoms with Gasteiger partial charge in [-0.05, 0) is 49.1 Å². The highest BCUT2D eigenvalue weighted by molar-refractivity contribution is 5.91. The molecular weight excluding hydrogens is 297 g/mol. The molecule has 1 aromatic carbocycles. The second kappa shape index (κ2) is 5.12. The standard InChI is InChI=1S/C16H14FN5O/c1-9-6-7-18-16-20-14(21-22(9)16)15(23)19-13-5-2-10-8-11(17)3-4-12(10)13/h3-4,6-8,13H,2,5H2,1H3,(H,19,23)/t13-/m0/s1. The van der Waals surface area contributed by atoms with E-state index < -0.39 is 0 Å². The monoisotopic (exact) mass is 311 g/mol. The van der Waals surface area contributed by atoms with Gasteiger partial charge in [-0.2, -0.15) is 4.98 Å². The summed E-state index contributed by atoms with van der Waals surface area (Å²) in [5.74, 6) is -0.122. The number of fused-ring (bicyclic) bond motifs is 2. The van der Waals surface area contributed by atoms with E-state index in [1.807, 2.05) is 6.92 Å². The minimum atomic E-state index is -0.350. The molecule has 1 aliphatic carbocycles. The van der Waals surface area contributed by atoms with Gasteiger partial charge in [-0.25, -0.2) is 13.9 Å². The van der Waals surface area contributed by atoms with Crippen molar-refractivity contribution in [2.45, 2.75) is 25.8 Å². The summed E-state index contributed by atoms with van der Waals surface area (Å²) in [5, 5.41) is 7.12. The van der Waals surface area contributed by atoms with Gasteiger partial charge in [0.15, 0.2) is 0 Å². The molecule has 1 atom stereocenters. The summed E-state index contributed by atoms with van der Waals surface area (Å²) in [6.07, 6.45) is 3.12. The molecule has 0 aliphatic heterocycles. The van der Waals surface area contributed by atoms with Crippen LogP contribution in [0.1, 0.15) is 39.9 Å². The van der Waals surface area contributed by atoms with Crippen LogP contribution in [0.2, 0.25) is 0 Å². The van der Waals surface area contributed by atoms with Crippen molar-refractivity contribution in [2.24, 2.45) is 0 Å². The lowest BCUT2D eigenvalue weighted by atomic mass is 10.1. The van der Waals surface area contributed by atoms with Crippen LogP contribution in [0, 0.1) is 12.7 Å². The molecule has 3 aromatic rings. The van der Waals surface area contributed by atoms with Crippen LogP contribution in [0.5, 0.6) is 0 Å². The molecule has 0 fully saturated rings. The summed E-state index contributed by atoms with van der Waals surface area (Å²) in [6, 6.07) is 6.33. The fraction of sp³-hybridized carbons (Fsp3) is 0.250. The Hall–Kier alpha value is -2.83. The SMILES string of the molecule is Cc1ccnc2nc(C(=O)N[C@H]3CCc4cc(F)ccc43)nn12. The van der Waals surface area contributed by atoms with Gasteiger partial charge in [-0.1, -0.05) is 6.07 Å². The van der Waals surface area contributed by atoms with E-state index in [2.05, 4.69) is 20.4 Å². The fourth-order valence-corrected chi connectivity index (χ4v) is 2.96. The average molecular weight is 311 g/mol. The third-order valence-corrected chi connectivity index (χ3v) is 4.12. The molecule has 1 N–H and O–H groups in total. The van der Waals surface area contributed by atoms with Crippen LogP contribution in [0.15, 0.2) is 30.5 Å². The van der Waals surface area contributed by atoms with Gasteiger partial charge in [0.2, 0.25) is 5.82 Å². The maximum absolute atomic E-state index is 13.3. The molecule has 0 saturated heterocycles. The van der Waals surface area contributed by atoms with E-state index in [9.17, 15) is 9.18 Å². The highest BCUT2D eigenvalue weighted by Crippen LogP contribution is 2.31. The number of hydrogen-bond donors (Lipinski definition) is 1. The highest BCUT2D eigenvalue weighted by Gasteiger charge is 2.26. The molecule has 116 valence electrons. The topological polar surface area (TPSA) is 72.2 Å². The predicted octanol–water partition coefficient (Wildman–Crippen LogP) is 1.99. The number of aromatic nitrogens is 4. The van der Waals surface area contributed by atoms with Crippen LogP contribution >= 0.6 is 0 Å². The number of halogens is 1. The lowest BCUT2D eigenvalue weighted by molar-refractivity contribution is 0.0926. The van der Waals surface area contributed by atoms with Crippen molar-refractivity contribution < 1.29 is 9.18 Å². The van der Waals surface area contributed by atoms with Crippen molar-refractivity contribution in [1.29, 1.82) is 0 Å². The predicted molar refractivity (Wildman–Crippen MR) is 80.4 cm³/mol. The number of hydrogen-bond acceptors (Lipinski definition) is 4. The Labute approximate surface area is 131 Å². The first-order valence-electron chi connectivity index (χ1n) is 7.39. The molecule has 1 aliphatic rings. The first-order chi connectivity index (χ1) is 11.1. The first kappa shape index (κ1) is 13.8. The molecule has 6 nitrogen and oxygen atoms in total. The Balaban J connectivity index is 1.60. The number of aryl methyl sites for hydroxylation is 2. The van der Waals surface area contributed by atoms with Gasteiger partial charge in [0.1, 0.15) is 5.82 Å². The van der Waals surface area contributed by atoms with E-state index in [1.165, 1.54) is 16.6 Å². The van der Waals surface area contributed by atoms with E-state index in [0.29, 0.717) is 5.78 Å². The molecule has 0 saturated carbocycles. The fourth-order valence-electron chi connectivity index (χ4n) is 2.96. The Bertz CT molecular complexity index is 920. The average Bonchev–Trinajstić information content (AvgIpc) is 3.12. The molecule has 1 amide bonds. The summed E-state index contributed by atoms with van der Waals surface area (Å²) in [7, 11) is 0. The van der Waals surface area contributed by atoms with Crippen LogP contribution in [0.3, 0.4) is 0 Å². The third kappa shape index (κ3) is 2.34. The number of carbonyl (C=O) groups is 1. The molecule has 2 heterocycles. The van der Waals surface area contributed by atoms with Gasteiger partial charge < -0.3 is 5.32 Å². The Morgan fingerprint density at radius 3 is 3.09 bits per heavy atom. The zero-order valence-electron chi connectivity index (χ0n) is 12.5. The van der Waals surface area contributed by atoms with Gasteiger partial charge in [0, 0.05) is 11.9 Å². The van der Waals surface area contributed by atoms with Crippen LogP contribution < -0.4 is 5.32 Å². The van der Waals surface area contributed by atoms with Crippen molar-refractivity contribution in [2.75, 3.05) is 0 Å². The van der Waals surface area contributed by atoms with E-state index in [1.54, 1.807) is 18.3 Å². The number of amides is 1. The first-order valence-corrected chi connectivity index (χ1v) is 7.39. The number of nitrogens with one attached hydrogen (secondary N) is 1. The van der Waals surface area contributed by atoms with Crippen molar-refractivity contribution in [3.63, 3.8) is 0 Å². The summed E-state index contributed by atoms with van der Waals surface area (Å²) in [5.41, 5.74) is 2.75. The zero-order chi connectivity index (χ0) is 16.0. The largest absolute Gasteiger partial charge is 0.342 e. The van der Waals surface area contributed by atoms with Gasteiger partial charge >= 0.3 is 0 Å². The zero-order valence-corrected chi connectivity index (χ0v) is 12.5. The second-order valence-corrected chi connectivity index (χ2v) is 5.64. The summed E-state index contributed by atoms with van der Waals surface area (Å²) >= 11 is 0. The molecule has 0 spiro atoms. The van der Waals surface area contributed by atoms with E-state index >= 15 is 0 Å². The second-order valence-electron chi connectivity index (χ2n) is 5.64. The van der Waals surface area contributed by atoms with Crippen LogP contribution in [-0.2, 0) is 6.42 Å². The van der Waals surface area contributed by atoms with Crippen molar-refractivity contribution in [3.8, 4) is 0 Å². The van der Waals surface area contributed by atoms with Crippen molar-refractivity contribution in [1.82, 2.24) is 24.9 Å². The minimum Gasteiger partial charge on any atom is -0.342 e. The summed E-state index contributed by atoms with van der Waals surface area (Å²) in [6.45, 7) is 1.87. The van der Waals surface area contributed by atoms with Crippen LogP contribution in [0.4, 0.5) is 4.39 Å². The highest BCUT2D eigenvalue weighted by atomic mass is 19.1. The Morgan fingerprint density at radius 1 is 1.39 bits per heavy atom. The van der Waals surface area contributed by atoms with Gasteiger partial charge in [0.25, 0.3) is 11.7 Å². The summed E-state index contributed by atoms with van der Waals surface area (Å²) in [4.78, 5) is 20.7. The quantitative estimate of drug-likeness (QED) is 0.785. The Morgan fingerprint density at radius 2 is 2.26 bits per heavy atom. The number of nitrogens with zero attached hydrogens (tertiary/aromatic N) is 4. The van der Waals surface area contributed by atoms with Crippen molar-refractivity contribution in [3.05, 3.63) is 58.9 Å². The van der Waals surface area contributed by atoms with Crippen LogP contribution in [0.25, 0.3) is 5.78 Å². The van der Waals surface area contributed by atoms with Gasteiger partial charge in [-0.15, -0.1) is 5.10 Å². The van der Waals surface area contributed by atoms with Gasteiger partial charge in [-0.3, -0.25) is 4.79 Å². The lowest BCUT2D eigenvalue weighted by Crippen LogP contribution is -2.28. The lowest BCUT2D eigenvalue weighted by Gasteiger charge is -2.12. The molecule has 0 radical (unpaired) electrons. The molecule has 7 heteroatoms. The number of carbonyl (C=O) groups excluding carboxylic acids is 1. The number of rotatable bonds is 2. The summed E-state index contributed by atoms with van der Waals surface area (Å²) < 4.78 is 14.8. The van der Waals surface area contributed by atoms with E-state index in [-0.39, 0.29) is 23.6 Å². The van der Waals surface area contributed by atoms with Crippen molar-refractivity contribution >= 4 is 11.7 Å². The smallest absolute Gasteiger partial charge is 0.291 e. The maximum atomic E-state index is 13.3. The van der Waals surface area contributed by atoms with Crippen LogP contribution in [-0.4, -0.2) is 25.5 Å². The minimum absolute atomic E-state index is 0.0855. The molecule has 2 aromatic heterocycles. The molecule has 4 rings (SSSR count). The molecule has 0 unspecified atom stereocenters. The maximum Gasteiger partial charge on any atom is 0.291 e. The molecule has 23 heavy (non-hydrogen) atoms. The molecular formula is C16H14FN5O. The normalized spacial score (nSPS) is 16.5. The third-order valence-electron chi connectivity index (χ3n) is 4.12. The van der Waals surface area contributed by atoms with E-state index in [0.717, 1.165) is 29.7 Å². The molecule has 0 bridgehead atoms.